The summed E-state index contributed by atoms with van der Waals surface area (Å²) >= 11 is 0. The topological polar surface area (TPSA) is 44.8 Å². The first-order valence-electron chi connectivity index (χ1n) is 5.58. The summed E-state index contributed by atoms with van der Waals surface area (Å²) in [5.41, 5.74) is 0.935. The summed E-state index contributed by atoms with van der Waals surface area (Å²) in [7, 11) is 0. The molecule has 0 N–H and O–H groups in total. The lowest BCUT2D eigenvalue weighted by atomic mass is 10.1. The smallest absolute Gasteiger partial charge is 0.263 e. The molecule has 0 saturated heterocycles. The van der Waals surface area contributed by atoms with Crippen molar-refractivity contribution in [1.29, 1.82) is 0 Å². The second-order valence-electron chi connectivity index (χ2n) is 4.50. The highest BCUT2D eigenvalue weighted by Crippen LogP contribution is 2.14. The van der Waals surface area contributed by atoms with E-state index in [0.717, 1.165) is 12.0 Å². The second-order valence-corrected chi connectivity index (χ2v) is 4.50. The largest absolute Gasteiger partial charge is 0.376 e. The van der Waals surface area contributed by atoms with Gasteiger partial charge in [-0.2, -0.15) is 4.89 Å². The van der Waals surface area contributed by atoms with Gasteiger partial charge in [0.05, 0.1) is 5.56 Å². The molecule has 0 bridgehead atoms. The number of hydrogen-bond donors (Lipinski definition) is 0. The van der Waals surface area contributed by atoms with E-state index >= 15 is 0 Å². The maximum atomic E-state index is 11.5. The van der Waals surface area contributed by atoms with E-state index in [9.17, 15) is 4.79 Å². The predicted molar refractivity (Wildman–Crippen MR) is 63.1 cm³/mol. The first kappa shape index (κ1) is 13.7. The van der Waals surface area contributed by atoms with Crippen LogP contribution in [0.1, 0.15) is 43.1 Å². The molecule has 0 amide bonds. The molecule has 4 nitrogen and oxygen atoms in total. The third-order valence-electron chi connectivity index (χ3n) is 2.47. The Bertz CT molecular complexity index is 385. The molecular weight excluding hydrogens is 220 g/mol. The maximum absolute atomic E-state index is 11.5. The van der Waals surface area contributed by atoms with E-state index < -0.39 is 11.6 Å². The lowest BCUT2D eigenvalue weighted by Crippen LogP contribution is -2.24. The molecule has 0 saturated carbocycles. The van der Waals surface area contributed by atoms with Crippen molar-refractivity contribution in [2.75, 3.05) is 0 Å². The Kier molecular flexibility index (Phi) is 4.66. The molecule has 4 heteroatoms. The zero-order chi connectivity index (χ0) is 12.9. The van der Waals surface area contributed by atoms with E-state index in [4.69, 9.17) is 4.89 Å². The Hall–Kier alpha value is -1.39. The van der Waals surface area contributed by atoms with Gasteiger partial charge in [-0.15, -0.1) is 0 Å². The highest BCUT2D eigenvalue weighted by Gasteiger charge is 2.19. The van der Waals surface area contributed by atoms with Crippen molar-refractivity contribution in [2.45, 2.75) is 39.7 Å². The van der Waals surface area contributed by atoms with Crippen LogP contribution in [0.15, 0.2) is 24.3 Å². The van der Waals surface area contributed by atoms with E-state index in [1.54, 1.807) is 18.2 Å². The minimum Gasteiger partial charge on any atom is -0.263 e. The Morgan fingerprint density at radius 1 is 1.35 bits per heavy atom. The predicted octanol–water partition coefficient (Wildman–Crippen LogP) is 3.20. The third kappa shape index (κ3) is 4.54. The van der Waals surface area contributed by atoms with Crippen LogP contribution in [0.2, 0.25) is 0 Å². The summed E-state index contributed by atoms with van der Waals surface area (Å²) in [6.07, 6.45) is 0.745. The molecule has 0 spiro atoms. The molecule has 0 aliphatic carbocycles. The molecule has 1 aromatic rings. The van der Waals surface area contributed by atoms with Gasteiger partial charge in [0.1, 0.15) is 5.60 Å². The molecule has 0 atom stereocenters. The number of aryl methyl sites for hydroxylation is 1. The van der Waals surface area contributed by atoms with Crippen LogP contribution in [0.4, 0.5) is 0 Å². The van der Waals surface area contributed by atoms with Gasteiger partial charge in [-0.25, -0.2) is 4.79 Å². The maximum Gasteiger partial charge on any atom is 0.376 e. The monoisotopic (exact) mass is 238 g/mol. The average Bonchev–Trinajstić information content (AvgIpc) is 2.28. The van der Waals surface area contributed by atoms with E-state index in [-0.39, 0.29) is 0 Å². The standard InChI is InChI=1S/C13H18O4/c1-5-13(3,4)16-17-15-12(14)11-8-6-7-10(2)9-11/h6-9H,5H2,1-4H3. The fourth-order valence-corrected chi connectivity index (χ4v) is 1.02. The fraction of sp³-hybridized carbons (Fsp3) is 0.462. The average molecular weight is 238 g/mol. The van der Waals surface area contributed by atoms with Crippen LogP contribution in [0.25, 0.3) is 0 Å². The van der Waals surface area contributed by atoms with Gasteiger partial charge in [0.2, 0.25) is 0 Å². The highest BCUT2D eigenvalue weighted by atomic mass is 17.5. The van der Waals surface area contributed by atoms with Gasteiger partial charge in [-0.1, -0.05) is 24.6 Å². The molecule has 1 rings (SSSR count). The fourth-order valence-electron chi connectivity index (χ4n) is 1.02. The van der Waals surface area contributed by atoms with Crippen LogP contribution in [0, 0.1) is 6.92 Å². The van der Waals surface area contributed by atoms with Crippen LogP contribution < -0.4 is 0 Å². The summed E-state index contributed by atoms with van der Waals surface area (Å²) < 4.78 is 0. The number of carbonyl (C=O) groups excluding carboxylic acids is 1. The zero-order valence-corrected chi connectivity index (χ0v) is 10.6. The Labute approximate surface area is 101 Å². The summed E-state index contributed by atoms with van der Waals surface area (Å²) in [6, 6.07) is 7.05. The number of hydrogen-bond acceptors (Lipinski definition) is 4. The molecule has 0 aliphatic rings. The van der Waals surface area contributed by atoms with E-state index in [1.165, 1.54) is 0 Å². The third-order valence-corrected chi connectivity index (χ3v) is 2.47. The van der Waals surface area contributed by atoms with E-state index in [1.807, 2.05) is 33.8 Å². The van der Waals surface area contributed by atoms with Crippen LogP contribution in [-0.2, 0) is 14.8 Å². The minimum absolute atomic E-state index is 0.433. The molecule has 0 heterocycles. The zero-order valence-electron chi connectivity index (χ0n) is 10.6. The lowest BCUT2D eigenvalue weighted by Gasteiger charge is -2.19. The van der Waals surface area contributed by atoms with Crippen LogP contribution in [0.5, 0.6) is 0 Å². The normalized spacial score (nSPS) is 11.3. The Morgan fingerprint density at radius 2 is 2.06 bits per heavy atom. The molecule has 0 aliphatic heterocycles. The summed E-state index contributed by atoms with van der Waals surface area (Å²) in [5, 5.41) is 4.50. The van der Waals surface area contributed by atoms with Crippen molar-refractivity contribution in [2.24, 2.45) is 0 Å². The second kappa shape index (κ2) is 5.80. The number of carbonyl (C=O) groups is 1. The Balaban J connectivity index is 2.46. The first-order chi connectivity index (χ1) is 7.94. The first-order valence-corrected chi connectivity index (χ1v) is 5.58. The summed E-state index contributed by atoms with van der Waals surface area (Å²) in [6.45, 7) is 7.53. The van der Waals surface area contributed by atoms with Crippen molar-refractivity contribution >= 4 is 5.97 Å². The number of rotatable bonds is 5. The van der Waals surface area contributed by atoms with Crippen molar-refractivity contribution < 1.29 is 19.6 Å². The molecule has 1 aromatic carbocycles. The molecular formula is C13H18O4. The molecule has 0 unspecified atom stereocenters. The molecule has 0 fully saturated rings. The SMILES string of the molecule is CCC(C)(C)OOOC(=O)c1cccc(C)c1. The van der Waals surface area contributed by atoms with Crippen molar-refractivity contribution in [3.63, 3.8) is 0 Å². The minimum atomic E-state index is -0.569. The lowest BCUT2D eigenvalue weighted by molar-refractivity contribution is -0.512. The molecule has 0 aromatic heterocycles. The number of benzene rings is 1. The van der Waals surface area contributed by atoms with Gasteiger partial charge in [-0.05, 0) is 44.4 Å². The summed E-state index contributed by atoms with van der Waals surface area (Å²) in [4.78, 5) is 21.1. The molecule has 94 valence electrons. The van der Waals surface area contributed by atoms with Gasteiger partial charge in [0.15, 0.2) is 0 Å². The van der Waals surface area contributed by atoms with Crippen LogP contribution >= 0.6 is 0 Å². The van der Waals surface area contributed by atoms with Crippen LogP contribution in [-0.4, -0.2) is 11.6 Å². The quantitative estimate of drug-likeness (QED) is 0.583. The van der Waals surface area contributed by atoms with Crippen LogP contribution in [0.3, 0.4) is 0 Å². The molecule has 17 heavy (non-hydrogen) atoms. The van der Waals surface area contributed by atoms with Gasteiger partial charge >= 0.3 is 5.97 Å². The highest BCUT2D eigenvalue weighted by molar-refractivity contribution is 5.89. The van der Waals surface area contributed by atoms with E-state index in [2.05, 4.69) is 9.93 Å². The Morgan fingerprint density at radius 3 is 2.65 bits per heavy atom. The van der Waals surface area contributed by atoms with Gasteiger partial charge < -0.3 is 0 Å². The molecule has 0 radical (unpaired) electrons. The van der Waals surface area contributed by atoms with Gasteiger partial charge in [0, 0.05) is 0 Å². The van der Waals surface area contributed by atoms with Gasteiger partial charge in [-0.3, -0.25) is 4.89 Å². The van der Waals surface area contributed by atoms with Crippen molar-refractivity contribution in [1.82, 2.24) is 0 Å². The van der Waals surface area contributed by atoms with E-state index in [0.29, 0.717) is 5.56 Å². The van der Waals surface area contributed by atoms with Crippen molar-refractivity contribution in [3.05, 3.63) is 35.4 Å². The van der Waals surface area contributed by atoms with Crippen molar-refractivity contribution in [3.8, 4) is 0 Å². The van der Waals surface area contributed by atoms with Gasteiger partial charge in [0.25, 0.3) is 0 Å². The summed E-state index contributed by atoms with van der Waals surface area (Å²) in [5.74, 6) is -0.569.